The topological polar surface area (TPSA) is 50.2 Å². The second-order valence-electron chi connectivity index (χ2n) is 6.41. The monoisotopic (exact) mass is 300 g/mol. The SMILES string of the molecule is CC(C)NC(=O)[C@H]1CCCN(c2nc3ccccc3n2C)C1. The molecule has 0 bridgehead atoms. The zero-order valence-corrected chi connectivity index (χ0v) is 13.5. The van der Waals surface area contributed by atoms with Gasteiger partial charge >= 0.3 is 0 Å². The maximum atomic E-state index is 12.3. The van der Waals surface area contributed by atoms with Crippen molar-refractivity contribution in [3.63, 3.8) is 0 Å². The number of rotatable bonds is 3. The van der Waals surface area contributed by atoms with E-state index in [1.54, 1.807) is 0 Å². The summed E-state index contributed by atoms with van der Waals surface area (Å²) in [5, 5.41) is 3.03. The van der Waals surface area contributed by atoms with Gasteiger partial charge in [0.05, 0.1) is 17.0 Å². The van der Waals surface area contributed by atoms with E-state index >= 15 is 0 Å². The van der Waals surface area contributed by atoms with Gasteiger partial charge in [0.1, 0.15) is 0 Å². The van der Waals surface area contributed by atoms with Gasteiger partial charge in [0.25, 0.3) is 0 Å². The summed E-state index contributed by atoms with van der Waals surface area (Å²) < 4.78 is 2.12. The maximum Gasteiger partial charge on any atom is 0.225 e. The number of hydrogen-bond donors (Lipinski definition) is 1. The lowest BCUT2D eigenvalue weighted by Gasteiger charge is -2.33. The number of nitrogens with one attached hydrogen (secondary N) is 1. The molecule has 3 rings (SSSR count). The Hall–Kier alpha value is -2.04. The van der Waals surface area contributed by atoms with Gasteiger partial charge in [-0.2, -0.15) is 0 Å². The first kappa shape index (κ1) is 14.9. The highest BCUT2D eigenvalue weighted by atomic mass is 16.2. The second kappa shape index (κ2) is 5.99. The molecule has 2 aromatic rings. The third kappa shape index (κ3) is 2.80. The fourth-order valence-corrected chi connectivity index (χ4v) is 3.19. The first-order chi connectivity index (χ1) is 10.6. The van der Waals surface area contributed by atoms with Crippen LogP contribution in [0.15, 0.2) is 24.3 Å². The van der Waals surface area contributed by atoms with Crippen LogP contribution in [0.2, 0.25) is 0 Å². The molecule has 5 nitrogen and oxygen atoms in total. The molecule has 5 heteroatoms. The van der Waals surface area contributed by atoms with Crippen molar-refractivity contribution in [2.45, 2.75) is 32.7 Å². The van der Waals surface area contributed by atoms with Gasteiger partial charge in [-0.05, 0) is 38.8 Å². The van der Waals surface area contributed by atoms with E-state index in [-0.39, 0.29) is 17.9 Å². The lowest BCUT2D eigenvalue weighted by Crippen LogP contribution is -2.45. The predicted octanol–water partition coefficient (Wildman–Crippen LogP) is 2.31. The number of aryl methyl sites for hydroxylation is 1. The number of piperidine rings is 1. The number of carbonyl (C=O) groups is 1. The summed E-state index contributed by atoms with van der Waals surface area (Å²) in [6, 6.07) is 8.35. The van der Waals surface area contributed by atoms with Crippen molar-refractivity contribution in [2.75, 3.05) is 18.0 Å². The number of nitrogens with zero attached hydrogens (tertiary/aromatic N) is 3. The molecule has 0 unspecified atom stereocenters. The van der Waals surface area contributed by atoms with Crippen LogP contribution in [0.25, 0.3) is 11.0 Å². The highest BCUT2D eigenvalue weighted by Gasteiger charge is 2.28. The summed E-state index contributed by atoms with van der Waals surface area (Å²) in [5.41, 5.74) is 2.14. The molecule has 1 fully saturated rings. The molecule has 1 amide bonds. The largest absolute Gasteiger partial charge is 0.354 e. The normalized spacial score (nSPS) is 18.9. The summed E-state index contributed by atoms with van der Waals surface area (Å²) in [7, 11) is 2.04. The van der Waals surface area contributed by atoms with Gasteiger partial charge in [0.15, 0.2) is 0 Å². The number of amides is 1. The van der Waals surface area contributed by atoms with Crippen LogP contribution in [0.4, 0.5) is 5.95 Å². The van der Waals surface area contributed by atoms with E-state index < -0.39 is 0 Å². The molecule has 1 aromatic carbocycles. The molecule has 2 heterocycles. The van der Waals surface area contributed by atoms with Gasteiger partial charge < -0.3 is 14.8 Å². The summed E-state index contributed by atoms with van der Waals surface area (Å²) >= 11 is 0. The molecule has 22 heavy (non-hydrogen) atoms. The number of carbonyl (C=O) groups excluding carboxylic acids is 1. The Morgan fingerprint density at radius 1 is 1.36 bits per heavy atom. The lowest BCUT2D eigenvalue weighted by atomic mass is 9.97. The van der Waals surface area contributed by atoms with E-state index in [0.717, 1.165) is 42.9 Å². The number of hydrogen-bond acceptors (Lipinski definition) is 3. The Morgan fingerprint density at radius 2 is 2.14 bits per heavy atom. The van der Waals surface area contributed by atoms with Crippen LogP contribution in [-0.2, 0) is 11.8 Å². The molecule has 1 N–H and O–H groups in total. The quantitative estimate of drug-likeness (QED) is 0.946. The standard InChI is InChI=1S/C17H24N4O/c1-12(2)18-16(22)13-7-6-10-21(11-13)17-19-14-8-4-5-9-15(14)20(17)3/h4-5,8-9,12-13H,6-7,10-11H2,1-3H3,(H,18,22)/t13-/m0/s1. The first-order valence-electron chi connectivity index (χ1n) is 8.03. The number of benzene rings is 1. The van der Waals surface area contributed by atoms with E-state index in [0.29, 0.717) is 0 Å². The maximum absolute atomic E-state index is 12.3. The Labute approximate surface area is 131 Å². The smallest absolute Gasteiger partial charge is 0.225 e. The average Bonchev–Trinajstić information content (AvgIpc) is 2.84. The fourth-order valence-electron chi connectivity index (χ4n) is 3.19. The number of fused-ring (bicyclic) bond motifs is 1. The number of para-hydroxylation sites is 2. The fraction of sp³-hybridized carbons (Fsp3) is 0.529. The second-order valence-corrected chi connectivity index (χ2v) is 6.41. The third-order valence-electron chi connectivity index (χ3n) is 4.27. The van der Waals surface area contributed by atoms with Crippen LogP contribution in [-0.4, -0.2) is 34.6 Å². The molecule has 1 aliphatic rings. The summed E-state index contributed by atoms with van der Waals surface area (Å²) in [6.45, 7) is 5.71. The highest BCUT2D eigenvalue weighted by molar-refractivity contribution is 5.81. The van der Waals surface area contributed by atoms with Crippen molar-refractivity contribution in [3.8, 4) is 0 Å². The third-order valence-corrected chi connectivity index (χ3v) is 4.27. The van der Waals surface area contributed by atoms with Gasteiger partial charge in [0.2, 0.25) is 11.9 Å². The molecule has 1 saturated heterocycles. The van der Waals surface area contributed by atoms with Crippen LogP contribution < -0.4 is 10.2 Å². The van der Waals surface area contributed by atoms with Crippen LogP contribution in [0.5, 0.6) is 0 Å². The molecule has 0 aliphatic carbocycles. The van der Waals surface area contributed by atoms with Gasteiger partial charge in [-0.3, -0.25) is 4.79 Å². The van der Waals surface area contributed by atoms with E-state index in [2.05, 4.69) is 20.9 Å². The highest BCUT2D eigenvalue weighted by Crippen LogP contribution is 2.26. The van der Waals surface area contributed by atoms with Crippen molar-refractivity contribution in [3.05, 3.63) is 24.3 Å². The van der Waals surface area contributed by atoms with E-state index in [9.17, 15) is 4.79 Å². The van der Waals surface area contributed by atoms with E-state index in [4.69, 9.17) is 4.98 Å². The Morgan fingerprint density at radius 3 is 2.86 bits per heavy atom. The van der Waals surface area contributed by atoms with Gasteiger partial charge in [-0.25, -0.2) is 4.98 Å². The van der Waals surface area contributed by atoms with Crippen molar-refractivity contribution in [1.82, 2.24) is 14.9 Å². The van der Waals surface area contributed by atoms with Crippen LogP contribution >= 0.6 is 0 Å². The summed E-state index contributed by atoms with van der Waals surface area (Å²) in [6.07, 6.45) is 1.98. The molecular weight excluding hydrogens is 276 g/mol. The van der Waals surface area contributed by atoms with E-state index in [1.165, 1.54) is 0 Å². The van der Waals surface area contributed by atoms with Gasteiger partial charge in [-0.1, -0.05) is 12.1 Å². The van der Waals surface area contributed by atoms with Gasteiger partial charge in [0, 0.05) is 26.2 Å². The minimum Gasteiger partial charge on any atom is -0.354 e. The molecule has 0 radical (unpaired) electrons. The Balaban J connectivity index is 1.81. The predicted molar refractivity (Wildman–Crippen MR) is 88.9 cm³/mol. The van der Waals surface area contributed by atoms with Crippen LogP contribution in [0.3, 0.4) is 0 Å². The summed E-state index contributed by atoms with van der Waals surface area (Å²) in [5.74, 6) is 1.18. The molecule has 118 valence electrons. The van der Waals surface area contributed by atoms with Crippen molar-refractivity contribution in [2.24, 2.45) is 13.0 Å². The number of imidazole rings is 1. The molecule has 0 saturated carbocycles. The van der Waals surface area contributed by atoms with Crippen LogP contribution in [0, 0.1) is 5.92 Å². The zero-order valence-electron chi connectivity index (χ0n) is 13.5. The Kier molecular flexibility index (Phi) is 4.05. The van der Waals surface area contributed by atoms with Crippen molar-refractivity contribution >= 4 is 22.9 Å². The molecule has 0 spiro atoms. The Bertz CT molecular complexity index is 676. The lowest BCUT2D eigenvalue weighted by molar-refractivity contribution is -0.125. The molecule has 1 atom stereocenters. The van der Waals surface area contributed by atoms with Crippen molar-refractivity contribution in [1.29, 1.82) is 0 Å². The average molecular weight is 300 g/mol. The van der Waals surface area contributed by atoms with Crippen LogP contribution in [0.1, 0.15) is 26.7 Å². The minimum absolute atomic E-state index is 0.0518. The molecular formula is C17H24N4O. The summed E-state index contributed by atoms with van der Waals surface area (Å²) in [4.78, 5) is 19.3. The first-order valence-corrected chi connectivity index (χ1v) is 8.03. The number of aromatic nitrogens is 2. The van der Waals surface area contributed by atoms with Gasteiger partial charge in [-0.15, -0.1) is 0 Å². The molecule has 1 aliphatic heterocycles. The van der Waals surface area contributed by atoms with Crippen molar-refractivity contribution < 1.29 is 4.79 Å². The zero-order chi connectivity index (χ0) is 15.7. The number of anilines is 1. The molecule has 1 aromatic heterocycles. The van der Waals surface area contributed by atoms with E-state index in [1.807, 2.05) is 39.1 Å². The minimum atomic E-state index is 0.0518.